The van der Waals surface area contributed by atoms with E-state index in [1.807, 2.05) is 6.07 Å². The first-order valence-electron chi connectivity index (χ1n) is 6.30. The number of anilines is 1. The summed E-state index contributed by atoms with van der Waals surface area (Å²) in [4.78, 5) is 2.58. The third kappa shape index (κ3) is 2.63. The zero-order valence-electron chi connectivity index (χ0n) is 10.4. The molecule has 1 saturated heterocycles. The van der Waals surface area contributed by atoms with E-state index >= 15 is 0 Å². The fourth-order valence-electron chi connectivity index (χ4n) is 2.82. The number of benzene rings is 1. The monoisotopic (exact) mass is 315 g/mol. The molecule has 1 nitrogen and oxygen atoms in total. The minimum atomic E-state index is 0.638. The van der Waals surface area contributed by atoms with Gasteiger partial charge in [0, 0.05) is 28.1 Å². The quantitative estimate of drug-likeness (QED) is 0.709. The van der Waals surface area contributed by atoms with Gasteiger partial charge in [0.1, 0.15) is 0 Å². The van der Waals surface area contributed by atoms with Crippen molar-refractivity contribution in [3.63, 3.8) is 0 Å². The molecule has 0 spiro atoms. The highest BCUT2D eigenvalue weighted by Crippen LogP contribution is 2.36. The van der Waals surface area contributed by atoms with Crippen LogP contribution in [0.2, 0.25) is 5.02 Å². The van der Waals surface area contributed by atoms with Crippen LogP contribution < -0.4 is 4.90 Å². The largest absolute Gasteiger partial charge is 0.366 e. The molecule has 94 valence electrons. The molecule has 2 atom stereocenters. The van der Waals surface area contributed by atoms with E-state index in [1.54, 1.807) is 0 Å². The van der Waals surface area contributed by atoms with Gasteiger partial charge in [-0.15, -0.1) is 0 Å². The third-order valence-corrected chi connectivity index (χ3v) is 4.56. The molecule has 0 amide bonds. The highest BCUT2D eigenvalue weighted by Gasteiger charge is 2.30. The van der Waals surface area contributed by atoms with Crippen molar-refractivity contribution in [2.24, 2.45) is 0 Å². The molecule has 0 bridgehead atoms. The molecule has 0 aliphatic carbocycles. The Morgan fingerprint density at radius 1 is 1.41 bits per heavy atom. The molecule has 1 aliphatic heterocycles. The molecular weight excluding hydrogens is 298 g/mol. The molecule has 1 aromatic carbocycles. The lowest BCUT2D eigenvalue weighted by atomic mass is 10.1. The Hall–Kier alpha value is -0.210. The second kappa shape index (κ2) is 5.62. The van der Waals surface area contributed by atoms with Gasteiger partial charge in [0.15, 0.2) is 0 Å². The van der Waals surface area contributed by atoms with Gasteiger partial charge >= 0.3 is 0 Å². The van der Waals surface area contributed by atoms with Gasteiger partial charge in [-0.05, 0) is 49.9 Å². The van der Waals surface area contributed by atoms with Crippen LogP contribution in [-0.4, -0.2) is 12.1 Å². The van der Waals surface area contributed by atoms with Crippen molar-refractivity contribution < 1.29 is 0 Å². The molecule has 0 radical (unpaired) electrons. The van der Waals surface area contributed by atoms with Crippen LogP contribution >= 0.6 is 27.5 Å². The second-order valence-electron chi connectivity index (χ2n) is 4.80. The predicted octanol–water partition coefficient (Wildman–Crippen LogP) is 5.00. The second-order valence-corrected chi connectivity index (χ2v) is 5.80. The first-order chi connectivity index (χ1) is 8.17. The summed E-state index contributed by atoms with van der Waals surface area (Å²) in [6.45, 7) is 4.60. The predicted molar refractivity (Wildman–Crippen MR) is 79.3 cm³/mol. The molecule has 2 unspecified atom stereocenters. The summed E-state index contributed by atoms with van der Waals surface area (Å²) in [5, 5.41) is 1.69. The zero-order valence-corrected chi connectivity index (χ0v) is 12.8. The average molecular weight is 317 g/mol. The maximum absolute atomic E-state index is 6.07. The van der Waals surface area contributed by atoms with Crippen LogP contribution in [0.1, 0.15) is 38.7 Å². The van der Waals surface area contributed by atoms with Gasteiger partial charge in [0.25, 0.3) is 0 Å². The van der Waals surface area contributed by atoms with Gasteiger partial charge in [-0.2, -0.15) is 0 Å². The smallest absolute Gasteiger partial charge is 0.0413 e. The lowest BCUT2D eigenvalue weighted by molar-refractivity contribution is 0.626. The molecule has 17 heavy (non-hydrogen) atoms. The van der Waals surface area contributed by atoms with Crippen molar-refractivity contribution in [2.45, 2.75) is 50.5 Å². The number of nitrogens with zero attached hydrogens (tertiary/aromatic N) is 1. The summed E-state index contributed by atoms with van der Waals surface area (Å²) in [5.41, 5.74) is 2.65. The van der Waals surface area contributed by atoms with E-state index in [4.69, 9.17) is 11.6 Å². The summed E-state index contributed by atoms with van der Waals surface area (Å²) in [7, 11) is 0. The van der Waals surface area contributed by atoms with E-state index in [-0.39, 0.29) is 0 Å². The van der Waals surface area contributed by atoms with Gasteiger partial charge in [0.05, 0.1) is 0 Å². The summed E-state index contributed by atoms with van der Waals surface area (Å²) in [5.74, 6) is 0. The van der Waals surface area contributed by atoms with Crippen LogP contribution in [0.25, 0.3) is 0 Å². The Morgan fingerprint density at radius 2 is 2.18 bits per heavy atom. The van der Waals surface area contributed by atoms with Crippen LogP contribution in [0.5, 0.6) is 0 Å². The van der Waals surface area contributed by atoms with E-state index in [2.05, 4.69) is 46.8 Å². The highest BCUT2D eigenvalue weighted by atomic mass is 79.9. The summed E-state index contributed by atoms with van der Waals surface area (Å²) in [6, 6.07) is 7.57. The molecular formula is C14H19BrClN. The third-order valence-electron chi connectivity index (χ3n) is 3.72. The minimum Gasteiger partial charge on any atom is -0.366 e. The molecule has 1 aliphatic rings. The van der Waals surface area contributed by atoms with Crippen molar-refractivity contribution in [3.8, 4) is 0 Å². The summed E-state index contributed by atoms with van der Waals surface area (Å²) >= 11 is 9.64. The lowest BCUT2D eigenvalue weighted by Gasteiger charge is -2.32. The Bertz CT molecular complexity index is 394. The highest BCUT2D eigenvalue weighted by molar-refractivity contribution is 9.08. The number of rotatable bonds is 3. The van der Waals surface area contributed by atoms with Gasteiger partial charge < -0.3 is 4.90 Å². The Morgan fingerprint density at radius 3 is 2.82 bits per heavy atom. The molecule has 1 aromatic rings. The normalized spacial score (nSPS) is 24.4. The molecule has 2 rings (SSSR count). The van der Waals surface area contributed by atoms with Crippen LogP contribution in [0, 0.1) is 0 Å². The van der Waals surface area contributed by atoms with Gasteiger partial charge in [-0.25, -0.2) is 0 Å². The number of hydrogen-bond acceptors (Lipinski definition) is 1. The average Bonchev–Trinajstić information content (AvgIpc) is 2.70. The molecule has 0 aromatic heterocycles. The Balaban J connectivity index is 2.38. The molecule has 1 heterocycles. The maximum Gasteiger partial charge on any atom is 0.0413 e. The van der Waals surface area contributed by atoms with Crippen molar-refractivity contribution in [1.29, 1.82) is 0 Å². The van der Waals surface area contributed by atoms with Crippen molar-refractivity contribution >= 4 is 33.2 Å². The fraction of sp³-hybridized carbons (Fsp3) is 0.571. The number of halogens is 2. The van der Waals surface area contributed by atoms with Crippen LogP contribution in [0.3, 0.4) is 0 Å². The maximum atomic E-state index is 6.07. The van der Waals surface area contributed by atoms with E-state index in [9.17, 15) is 0 Å². The van der Waals surface area contributed by atoms with E-state index in [1.165, 1.54) is 30.5 Å². The topological polar surface area (TPSA) is 3.24 Å². The van der Waals surface area contributed by atoms with Crippen molar-refractivity contribution in [3.05, 3.63) is 28.8 Å². The summed E-state index contributed by atoms with van der Waals surface area (Å²) in [6.07, 6.45) is 3.82. The number of alkyl halides is 1. The molecule has 1 fully saturated rings. The van der Waals surface area contributed by atoms with E-state index in [0.717, 1.165) is 10.4 Å². The SMILES string of the molecule is CCC1CCC(C)N1c1ccc(Cl)cc1CBr. The Kier molecular flexibility index (Phi) is 4.37. The number of hydrogen-bond donors (Lipinski definition) is 0. The first-order valence-corrected chi connectivity index (χ1v) is 7.80. The zero-order chi connectivity index (χ0) is 12.4. The molecule has 0 N–H and O–H groups in total. The fourth-order valence-corrected chi connectivity index (χ4v) is 3.46. The van der Waals surface area contributed by atoms with Gasteiger partial charge in [-0.3, -0.25) is 0 Å². The Labute approximate surface area is 117 Å². The molecule has 3 heteroatoms. The minimum absolute atomic E-state index is 0.638. The van der Waals surface area contributed by atoms with Gasteiger partial charge in [0.2, 0.25) is 0 Å². The van der Waals surface area contributed by atoms with Crippen molar-refractivity contribution in [1.82, 2.24) is 0 Å². The standard InChI is InChI=1S/C14H19BrClN/c1-3-13-6-4-10(2)17(13)14-7-5-12(16)8-11(14)9-15/h5,7-8,10,13H,3-4,6,9H2,1-2H3. The van der Waals surface area contributed by atoms with E-state index in [0.29, 0.717) is 12.1 Å². The molecule has 0 saturated carbocycles. The van der Waals surface area contributed by atoms with Crippen LogP contribution in [0.15, 0.2) is 18.2 Å². The lowest BCUT2D eigenvalue weighted by Crippen LogP contribution is -2.34. The van der Waals surface area contributed by atoms with Crippen LogP contribution in [-0.2, 0) is 5.33 Å². The van der Waals surface area contributed by atoms with E-state index < -0.39 is 0 Å². The van der Waals surface area contributed by atoms with Gasteiger partial charge in [-0.1, -0.05) is 34.5 Å². The van der Waals surface area contributed by atoms with Crippen LogP contribution in [0.4, 0.5) is 5.69 Å². The van der Waals surface area contributed by atoms with Crippen molar-refractivity contribution in [2.75, 3.05) is 4.90 Å². The first kappa shape index (κ1) is 13.2. The summed E-state index contributed by atoms with van der Waals surface area (Å²) < 4.78 is 0.